The van der Waals surface area contributed by atoms with E-state index in [-0.39, 0.29) is 10.8 Å². The van der Waals surface area contributed by atoms with Crippen molar-refractivity contribution in [2.75, 3.05) is 5.32 Å². The van der Waals surface area contributed by atoms with E-state index in [1.165, 1.54) is 13.0 Å². The third-order valence-corrected chi connectivity index (χ3v) is 4.82. The lowest BCUT2D eigenvalue weighted by molar-refractivity contribution is -0.141. The van der Waals surface area contributed by atoms with E-state index in [1.54, 1.807) is 43.3 Å². The number of nitrogens with zero attached hydrogens (tertiary/aromatic N) is 1. The van der Waals surface area contributed by atoms with Gasteiger partial charge in [0.25, 0.3) is 5.91 Å². The van der Waals surface area contributed by atoms with Crippen LogP contribution in [0.2, 0.25) is 0 Å². The fourth-order valence-corrected chi connectivity index (χ4v) is 3.44. The second-order valence-electron chi connectivity index (χ2n) is 5.87. The number of alkyl halides is 3. The molecule has 8 heteroatoms. The van der Waals surface area contributed by atoms with Crippen molar-refractivity contribution in [1.29, 1.82) is 0 Å². The molecule has 0 spiro atoms. The molecule has 1 amide bonds. The molecule has 0 unspecified atom stereocenters. The number of halogens is 4. The Morgan fingerprint density at radius 3 is 2.48 bits per heavy atom. The Labute approximate surface area is 156 Å². The Kier molecular flexibility index (Phi) is 5.01. The lowest BCUT2D eigenvalue weighted by Gasteiger charge is -2.12. The number of aryl methyl sites for hydroxylation is 2. The number of anilines is 1. The first-order chi connectivity index (χ1) is 12.7. The van der Waals surface area contributed by atoms with E-state index in [2.05, 4.69) is 10.3 Å². The highest BCUT2D eigenvalue weighted by Gasteiger charge is 2.39. The van der Waals surface area contributed by atoms with E-state index < -0.39 is 22.7 Å². The summed E-state index contributed by atoms with van der Waals surface area (Å²) in [4.78, 5) is 15.4. The molecule has 27 heavy (non-hydrogen) atoms. The van der Waals surface area contributed by atoms with Crippen molar-refractivity contribution in [3.05, 3.63) is 69.4 Å². The number of amides is 1. The van der Waals surface area contributed by atoms with Crippen molar-refractivity contribution in [2.45, 2.75) is 20.0 Å². The summed E-state index contributed by atoms with van der Waals surface area (Å²) >= 11 is 0.682. The molecule has 0 atom stereocenters. The predicted molar refractivity (Wildman–Crippen MR) is 96.4 cm³/mol. The zero-order valence-electron chi connectivity index (χ0n) is 14.3. The molecule has 3 rings (SSSR count). The molecule has 0 aliphatic heterocycles. The van der Waals surface area contributed by atoms with Crippen molar-refractivity contribution in [1.82, 2.24) is 4.98 Å². The van der Waals surface area contributed by atoms with E-state index >= 15 is 0 Å². The standard InChI is InChI=1S/C19H14F4N2OS/c1-10-9-12(7-8-14(10)20)13-5-3-4-6-15(13)25-18(26)16-17(19(21,22)23)24-11(2)27-16/h3-9H,1-2H3,(H,25,26). The molecule has 2 aromatic carbocycles. The van der Waals surface area contributed by atoms with E-state index in [1.807, 2.05) is 0 Å². The van der Waals surface area contributed by atoms with Crippen molar-refractivity contribution < 1.29 is 22.4 Å². The molecule has 0 radical (unpaired) electrons. The third-order valence-electron chi connectivity index (χ3n) is 3.85. The van der Waals surface area contributed by atoms with Gasteiger partial charge in [0.2, 0.25) is 0 Å². The Balaban J connectivity index is 1.98. The first kappa shape index (κ1) is 19.0. The van der Waals surface area contributed by atoms with Crippen molar-refractivity contribution in [2.24, 2.45) is 0 Å². The fraction of sp³-hybridized carbons (Fsp3) is 0.158. The van der Waals surface area contributed by atoms with Crippen molar-refractivity contribution in [3.63, 3.8) is 0 Å². The third kappa shape index (κ3) is 4.00. The molecular formula is C19H14F4N2OS. The Morgan fingerprint density at radius 1 is 1.11 bits per heavy atom. The van der Waals surface area contributed by atoms with Crippen LogP contribution in [0.25, 0.3) is 11.1 Å². The number of thiazole rings is 1. The molecule has 1 N–H and O–H groups in total. The quantitative estimate of drug-likeness (QED) is 0.567. The molecule has 0 saturated carbocycles. The normalized spacial score (nSPS) is 11.5. The highest BCUT2D eigenvalue weighted by molar-refractivity contribution is 7.13. The smallest absolute Gasteiger partial charge is 0.321 e. The molecule has 3 nitrogen and oxygen atoms in total. The molecule has 140 valence electrons. The largest absolute Gasteiger partial charge is 0.435 e. The molecule has 3 aromatic rings. The fourth-order valence-electron chi connectivity index (χ4n) is 2.61. The lowest BCUT2D eigenvalue weighted by Crippen LogP contribution is -2.17. The summed E-state index contributed by atoms with van der Waals surface area (Å²) < 4.78 is 52.9. The summed E-state index contributed by atoms with van der Waals surface area (Å²) in [7, 11) is 0. The number of hydrogen-bond acceptors (Lipinski definition) is 3. The van der Waals surface area contributed by atoms with E-state index in [4.69, 9.17) is 0 Å². The maximum absolute atomic E-state index is 13.5. The van der Waals surface area contributed by atoms with Gasteiger partial charge in [0.05, 0.1) is 5.01 Å². The van der Waals surface area contributed by atoms with Gasteiger partial charge in [-0.3, -0.25) is 4.79 Å². The van der Waals surface area contributed by atoms with Crippen molar-refractivity contribution >= 4 is 22.9 Å². The molecule has 0 aliphatic rings. The van der Waals surface area contributed by atoms with Gasteiger partial charge in [-0.05, 0) is 43.2 Å². The number of hydrogen-bond donors (Lipinski definition) is 1. The molecule has 1 heterocycles. The van der Waals surface area contributed by atoms with Gasteiger partial charge >= 0.3 is 6.18 Å². The Hall–Kier alpha value is -2.74. The van der Waals surface area contributed by atoms with Gasteiger partial charge in [-0.2, -0.15) is 13.2 Å². The summed E-state index contributed by atoms with van der Waals surface area (Å²) in [6, 6.07) is 11.1. The number of rotatable bonds is 3. The van der Waals surface area contributed by atoms with Crippen LogP contribution in [-0.2, 0) is 6.18 Å². The number of carbonyl (C=O) groups excluding carboxylic acids is 1. The van der Waals surface area contributed by atoms with Crippen molar-refractivity contribution in [3.8, 4) is 11.1 Å². The molecule has 0 bridgehead atoms. The zero-order chi connectivity index (χ0) is 19.8. The second-order valence-corrected chi connectivity index (χ2v) is 7.08. The highest BCUT2D eigenvalue weighted by atomic mass is 32.1. The summed E-state index contributed by atoms with van der Waals surface area (Å²) in [5, 5.41) is 2.67. The molecular weight excluding hydrogens is 380 g/mol. The highest BCUT2D eigenvalue weighted by Crippen LogP contribution is 2.35. The second kappa shape index (κ2) is 7.11. The van der Waals surface area contributed by atoms with Crippen LogP contribution in [0.3, 0.4) is 0 Å². The maximum Gasteiger partial charge on any atom is 0.435 e. The average Bonchev–Trinajstić information content (AvgIpc) is 3.00. The minimum atomic E-state index is -4.72. The summed E-state index contributed by atoms with van der Waals surface area (Å²) in [5.41, 5.74) is 0.765. The van der Waals surface area contributed by atoms with Crippen LogP contribution in [-0.4, -0.2) is 10.9 Å². The topological polar surface area (TPSA) is 42.0 Å². The zero-order valence-corrected chi connectivity index (χ0v) is 15.1. The van der Waals surface area contributed by atoms with Gasteiger partial charge < -0.3 is 5.32 Å². The van der Waals surface area contributed by atoms with Gasteiger partial charge in [-0.1, -0.05) is 24.3 Å². The molecule has 0 saturated heterocycles. The first-order valence-electron chi connectivity index (χ1n) is 7.88. The monoisotopic (exact) mass is 394 g/mol. The number of nitrogens with one attached hydrogen (secondary N) is 1. The Morgan fingerprint density at radius 2 is 1.81 bits per heavy atom. The summed E-state index contributed by atoms with van der Waals surface area (Å²) in [6.45, 7) is 3.02. The van der Waals surface area contributed by atoms with Crippen LogP contribution in [0.5, 0.6) is 0 Å². The van der Waals surface area contributed by atoms with Crippen LogP contribution >= 0.6 is 11.3 Å². The van der Waals surface area contributed by atoms with Crippen LogP contribution in [0.15, 0.2) is 42.5 Å². The molecule has 0 aliphatic carbocycles. The van der Waals surface area contributed by atoms with Gasteiger partial charge in [0, 0.05) is 11.3 Å². The first-order valence-corrected chi connectivity index (χ1v) is 8.70. The average molecular weight is 394 g/mol. The van der Waals surface area contributed by atoms with Gasteiger partial charge in [0.15, 0.2) is 5.69 Å². The number of aromatic nitrogens is 1. The van der Waals surface area contributed by atoms with Gasteiger partial charge in [-0.15, -0.1) is 11.3 Å². The van der Waals surface area contributed by atoms with Crippen LogP contribution in [0.1, 0.15) is 25.9 Å². The lowest BCUT2D eigenvalue weighted by atomic mass is 10.0. The summed E-state index contributed by atoms with van der Waals surface area (Å²) in [5.74, 6) is -1.26. The van der Waals surface area contributed by atoms with Crippen LogP contribution in [0, 0.1) is 19.7 Å². The maximum atomic E-state index is 13.5. The van der Waals surface area contributed by atoms with Gasteiger partial charge in [0.1, 0.15) is 10.7 Å². The molecule has 1 aromatic heterocycles. The number of para-hydroxylation sites is 1. The summed E-state index contributed by atoms with van der Waals surface area (Å²) in [6.07, 6.45) is -4.72. The number of carbonyl (C=O) groups is 1. The van der Waals surface area contributed by atoms with E-state index in [0.29, 0.717) is 33.7 Å². The number of benzene rings is 2. The molecule has 0 fully saturated rings. The van der Waals surface area contributed by atoms with Crippen LogP contribution < -0.4 is 5.32 Å². The minimum Gasteiger partial charge on any atom is -0.321 e. The van der Waals surface area contributed by atoms with Gasteiger partial charge in [-0.25, -0.2) is 9.37 Å². The Bertz CT molecular complexity index is 1010. The SMILES string of the molecule is Cc1nc(C(F)(F)F)c(C(=O)Nc2ccccc2-c2ccc(F)c(C)c2)s1. The predicted octanol–water partition coefficient (Wildman–Crippen LogP) is 5.84. The van der Waals surface area contributed by atoms with E-state index in [0.717, 1.165) is 0 Å². The van der Waals surface area contributed by atoms with Crippen LogP contribution in [0.4, 0.5) is 23.2 Å². The van der Waals surface area contributed by atoms with E-state index in [9.17, 15) is 22.4 Å². The minimum absolute atomic E-state index is 0.148.